The molecule has 1 fully saturated rings. The van der Waals surface area contributed by atoms with E-state index in [1.165, 1.54) is 5.56 Å². The minimum atomic E-state index is -1.57. The highest BCUT2D eigenvalue weighted by Crippen LogP contribution is 2.22. The summed E-state index contributed by atoms with van der Waals surface area (Å²) in [5.41, 5.74) is 21.3. The van der Waals surface area contributed by atoms with Crippen molar-refractivity contribution in [3.05, 3.63) is 70.5 Å². The van der Waals surface area contributed by atoms with Gasteiger partial charge in [-0.2, -0.15) is 0 Å². The van der Waals surface area contributed by atoms with E-state index in [1.54, 1.807) is 0 Å². The first-order valence-electron chi connectivity index (χ1n) is 15.8. The van der Waals surface area contributed by atoms with Crippen molar-refractivity contribution in [3.8, 4) is 11.1 Å². The van der Waals surface area contributed by atoms with Crippen LogP contribution in [0.15, 0.2) is 53.5 Å². The van der Waals surface area contributed by atoms with Crippen LogP contribution in [0.2, 0.25) is 5.15 Å². The molecule has 1 aromatic heterocycles. The fourth-order valence-electron chi connectivity index (χ4n) is 5.46. The monoisotopic (exact) mass is 665 g/mol. The number of aryl methyl sites for hydroxylation is 2. The van der Waals surface area contributed by atoms with E-state index in [1.807, 2.05) is 24.3 Å². The third kappa shape index (κ3) is 11.2. The van der Waals surface area contributed by atoms with E-state index >= 15 is 0 Å². The number of piperidine rings is 1. The Hall–Kier alpha value is -4.30. The number of carbonyl (C=O) groups excluding carboxylic acids is 2. The van der Waals surface area contributed by atoms with E-state index < -0.39 is 18.2 Å². The molecule has 0 bridgehead atoms. The summed E-state index contributed by atoms with van der Waals surface area (Å²) >= 11 is 5.82. The average Bonchev–Trinajstić information content (AvgIpc) is 3.06. The molecule has 4 rings (SSSR count). The average molecular weight is 666 g/mol. The minimum absolute atomic E-state index is 0.0547. The van der Waals surface area contributed by atoms with Crippen LogP contribution in [0.5, 0.6) is 0 Å². The number of nitrogens with one attached hydrogen (secondary N) is 3. The summed E-state index contributed by atoms with van der Waals surface area (Å²) in [5.74, 6) is -0.761. The fourth-order valence-corrected chi connectivity index (χ4v) is 5.59. The third-order valence-electron chi connectivity index (χ3n) is 8.15. The summed E-state index contributed by atoms with van der Waals surface area (Å²) in [4.78, 5) is 36.7. The quantitative estimate of drug-likeness (QED) is 0.0541. The first kappa shape index (κ1) is 35.6. The number of rotatable bonds is 14. The van der Waals surface area contributed by atoms with Gasteiger partial charge >= 0.3 is 0 Å². The molecule has 2 aromatic carbocycles. The number of anilines is 2. The summed E-state index contributed by atoms with van der Waals surface area (Å²) in [7, 11) is 0. The molecule has 2 amide bonds. The lowest BCUT2D eigenvalue weighted by molar-refractivity contribution is -0.127. The molecule has 0 unspecified atom stereocenters. The molecule has 1 aliphatic heterocycles. The number of guanidine groups is 1. The number of hydrogen-bond donors (Lipinski definition) is 8. The SMILES string of the molecule is NC(=NCCCCc1ccc(-c2ccc(CCC(=O)N[C@H](CC3CCNCC3)C(O)O)cc2)cc1)NC(=O)c1nc(Cl)c(N)nc1N. The molecule has 0 spiro atoms. The number of aliphatic hydroxyl groups excluding tert-OH is 1. The Balaban J connectivity index is 1.16. The maximum Gasteiger partial charge on any atom is 0.280 e. The largest absolute Gasteiger partial charge is 0.382 e. The molecular formula is C33H44ClN9O4. The van der Waals surface area contributed by atoms with Gasteiger partial charge in [-0.25, -0.2) is 9.97 Å². The summed E-state index contributed by atoms with van der Waals surface area (Å²) in [6.45, 7) is 2.27. The lowest BCUT2D eigenvalue weighted by atomic mass is 9.90. The van der Waals surface area contributed by atoms with E-state index in [-0.39, 0.29) is 40.8 Å². The van der Waals surface area contributed by atoms with Crippen LogP contribution < -0.4 is 33.2 Å². The second-order valence-electron chi connectivity index (χ2n) is 11.7. The third-order valence-corrected chi connectivity index (χ3v) is 8.43. The number of nitrogen functional groups attached to an aromatic ring is 2. The molecule has 1 saturated heterocycles. The number of amides is 2. The number of nitrogens with two attached hydrogens (primary N) is 3. The number of hydrogen-bond acceptors (Lipinski definition) is 10. The first-order valence-corrected chi connectivity index (χ1v) is 16.2. The molecule has 3 aromatic rings. The van der Waals surface area contributed by atoms with Crippen molar-refractivity contribution < 1.29 is 19.8 Å². The molecule has 0 aliphatic carbocycles. The number of aromatic nitrogens is 2. The molecular weight excluding hydrogens is 622 g/mol. The lowest BCUT2D eigenvalue weighted by Gasteiger charge is -2.28. The Morgan fingerprint density at radius 2 is 1.55 bits per heavy atom. The zero-order valence-electron chi connectivity index (χ0n) is 26.3. The van der Waals surface area contributed by atoms with Crippen LogP contribution in [0.1, 0.15) is 60.1 Å². The van der Waals surface area contributed by atoms with Gasteiger partial charge in [0.15, 0.2) is 34.7 Å². The zero-order valence-corrected chi connectivity index (χ0v) is 27.0. The normalized spacial score (nSPS) is 14.6. The minimum Gasteiger partial charge on any atom is -0.382 e. The van der Waals surface area contributed by atoms with Crippen molar-refractivity contribution in [2.45, 2.75) is 63.7 Å². The van der Waals surface area contributed by atoms with Gasteiger partial charge < -0.3 is 38.0 Å². The Labute approximate surface area is 279 Å². The molecule has 0 radical (unpaired) electrons. The number of halogens is 1. The maximum atomic E-state index is 12.6. The van der Waals surface area contributed by atoms with Crippen LogP contribution in [-0.2, 0) is 17.6 Å². The van der Waals surface area contributed by atoms with Crippen molar-refractivity contribution in [2.75, 3.05) is 31.1 Å². The molecule has 14 heteroatoms. The first-order chi connectivity index (χ1) is 22.6. The van der Waals surface area contributed by atoms with Gasteiger partial charge in [-0.3, -0.25) is 19.9 Å². The van der Waals surface area contributed by atoms with Crippen LogP contribution in [0.3, 0.4) is 0 Å². The van der Waals surface area contributed by atoms with Crippen LogP contribution in [0.25, 0.3) is 11.1 Å². The smallest absolute Gasteiger partial charge is 0.280 e. The van der Waals surface area contributed by atoms with Crippen LogP contribution in [0, 0.1) is 5.92 Å². The van der Waals surface area contributed by atoms with Gasteiger partial charge in [0.2, 0.25) is 5.91 Å². The van der Waals surface area contributed by atoms with Gasteiger partial charge in [0.05, 0.1) is 6.04 Å². The van der Waals surface area contributed by atoms with Crippen LogP contribution in [-0.4, -0.2) is 69.9 Å². The van der Waals surface area contributed by atoms with Crippen LogP contribution >= 0.6 is 11.6 Å². The number of carbonyl (C=O) groups is 2. The highest BCUT2D eigenvalue weighted by atomic mass is 35.5. The van der Waals surface area contributed by atoms with Gasteiger partial charge in [0.25, 0.3) is 5.91 Å². The second-order valence-corrected chi connectivity index (χ2v) is 12.1. The molecule has 1 atom stereocenters. The molecule has 47 heavy (non-hydrogen) atoms. The van der Waals surface area contributed by atoms with Gasteiger partial charge in [0, 0.05) is 13.0 Å². The van der Waals surface area contributed by atoms with E-state index in [2.05, 4.69) is 55.2 Å². The standard InChI is InChI=1S/C33H44ClN9O4/c34-28-30(36)42-29(35)27(41-28)31(45)43-33(37)39-16-2-1-3-20-4-9-23(10-5-20)24-11-6-21(7-12-24)8-13-26(44)40-25(32(46)47)19-22-14-17-38-18-15-22/h4-7,9-12,22,25,32,38,46-47H,1-3,8,13-19H2,(H,40,44)(H4,35,36,42)(H3,37,39,43,45)/t25-/m1/s1. The van der Waals surface area contributed by atoms with Gasteiger partial charge in [-0.1, -0.05) is 60.1 Å². The summed E-state index contributed by atoms with van der Waals surface area (Å²) in [6.07, 6.45) is 4.31. The van der Waals surface area contributed by atoms with Gasteiger partial charge in [0.1, 0.15) is 0 Å². The Bertz CT molecular complexity index is 1510. The van der Waals surface area contributed by atoms with Gasteiger partial charge in [-0.15, -0.1) is 0 Å². The van der Waals surface area contributed by atoms with E-state index in [9.17, 15) is 19.8 Å². The van der Waals surface area contributed by atoms with Crippen molar-refractivity contribution >= 4 is 41.0 Å². The van der Waals surface area contributed by atoms with Crippen LogP contribution in [0.4, 0.5) is 11.6 Å². The summed E-state index contributed by atoms with van der Waals surface area (Å²) in [6, 6.07) is 15.9. The van der Waals surface area contributed by atoms with E-state index in [0.717, 1.165) is 61.9 Å². The predicted octanol–water partition coefficient (Wildman–Crippen LogP) is 2.15. The molecule has 13 nitrogen and oxygen atoms in total. The number of nitrogens with zero attached hydrogens (tertiary/aromatic N) is 3. The molecule has 11 N–H and O–H groups in total. The lowest BCUT2D eigenvalue weighted by Crippen LogP contribution is -2.45. The van der Waals surface area contributed by atoms with Crippen molar-refractivity contribution in [1.82, 2.24) is 25.9 Å². The Morgan fingerprint density at radius 3 is 2.17 bits per heavy atom. The number of aliphatic imine (C=N–C) groups is 1. The number of unbranched alkanes of at least 4 members (excludes halogenated alkanes) is 1. The van der Waals surface area contributed by atoms with Crippen molar-refractivity contribution in [2.24, 2.45) is 16.6 Å². The summed E-state index contributed by atoms with van der Waals surface area (Å²) in [5, 5.41) is 28.0. The fraction of sp³-hybridized carbons (Fsp3) is 0.424. The maximum absolute atomic E-state index is 12.6. The molecule has 1 aliphatic rings. The Kier molecular flexibility index (Phi) is 13.3. The number of aliphatic hydroxyl groups is 2. The molecule has 0 saturated carbocycles. The predicted molar refractivity (Wildman–Crippen MR) is 183 cm³/mol. The van der Waals surface area contributed by atoms with Gasteiger partial charge in [-0.05, 0) is 86.2 Å². The topological polar surface area (TPSA) is 227 Å². The molecule has 2 heterocycles. The van der Waals surface area contributed by atoms with E-state index in [0.29, 0.717) is 25.3 Å². The van der Waals surface area contributed by atoms with Crippen molar-refractivity contribution in [1.29, 1.82) is 0 Å². The van der Waals surface area contributed by atoms with E-state index in [4.69, 9.17) is 28.8 Å². The Morgan fingerprint density at radius 1 is 0.936 bits per heavy atom. The zero-order chi connectivity index (χ0) is 33.8. The molecule has 252 valence electrons. The summed E-state index contributed by atoms with van der Waals surface area (Å²) < 4.78 is 0. The highest BCUT2D eigenvalue weighted by Gasteiger charge is 2.24. The second kappa shape index (κ2) is 17.6. The van der Waals surface area contributed by atoms with Crippen molar-refractivity contribution in [3.63, 3.8) is 0 Å². The highest BCUT2D eigenvalue weighted by molar-refractivity contribution is 6.31. The number of benzene rings is 2.